The highest BCUT2D eigenvalue weighted by molar-refractivity contribution is 6.31. The molecule has 0 saturated carbocycles. The van der Waals surface area contributed by atoms with E-state index in [0.717, 1.165) is 30.2 Å². The van der Waals surface area contributed by atoms with Gasteiger partial charge in [0.15, 0.2) is 11.0 Å². The van der Waals surface area contributed by atoms with Crippen molar-refractivity contribution in [3.8, 4) is 5.69 Å². The SMILES string of the molecule is Clc1ccc(N2c3ncnc(Cl)c3-n3cccc3[C@@H]2[C@@H]2CCCN2)cc1. The van der Waals surface area contributed by atoms with Crippen molar-refractivity contribution in [2.24, 2.45) is 0 Å². The molecule has 1 N–H and O–H groups in total. The molecule has 2 aromatic heterocycles. The van der Waals surface area contributed by atoms with Gasteiger partial charge in [0.05, 0.1) is 6.04 Å². The summed E-state index contributed by atoms with van der Waals surface area (Å²) in [6, 6.07) is 12.5. The van der Waals surface area contributed by atoms with Gasteiger partial charge in [-0.05, 0) is 55.8 Å². The molecular formula is C19H17Cl2N5. The molecule has 0 aliphatic carbocycles. The third-order valence-electron chi connectivity index (χ3n) is 5.17. The zero-order valence-electron chi connectivity index (χ0n) is 13.9. The van der Waals surface area contributed by atoms with Crippen LogP contribution in [0, 0.1) is 0 Å². The number of nitrogens with zero attached hydrogens (tertiary/aromatic N) is 4. The lowest BCUT2D eigenvalue weighted by molar-refractivity contribution is 0.468. The Morgan fingerprint density at radius 1 is 1.08 bits per heavy atom. The van der Waals surface area contributed by atoms with Gasteiger partial charge in [-0.1, -0.05) is 23.2 Å². The van der Waals surface area contributed by atoms with Gasteiger partial charge in [0.25, 0.3) is 0 Å². The van der Waals surface area contributed by atoms with Crippen LogP contribution in [0.3, 0.4) is 0 Å². The molecule has 0 bridgehead atoms. The van der Waals surface area contributed by atoms with Crippen LogP contribution in [0.5, 0.6) is 0 Å². The average molecular weight is 386 g/mol. The van der Waals surface area contributed by atoms with Gasteiger partial charge in [0, 0.05) is 28.6 Å². The molecule has 3 aromatic rings. The maximum absolute atomic E-state index is 6.48. The highest BCUT2D eigenvalue weighted by atomic mass is 35.5. The summed E-state index contributed by atoms with van der Waals surface area (Å²) in [5, 5.41) is 4.82. The summed E-state index contributed by atoms with van der Waals surface area (Å²) < 4.78 is 2.12. The fourth-order valence-electron chi connectivity index (χ4n) is 4.09. The number of nitrogens with one attached hydrogen (secondary N) is 1. The molecule has 5 nitrogen and oxygen atoms in total. The third kappa shape index (κ3) is 2.42. The Hall–Kier alpha value is -2.08. The standard InChI is InChI=1S/C19H17Cl2N5/c20-12-5-7-13(8-6-12)26-16(14-3-1-9-22-14)15-4-2-10-25(15)17-18(21)23-11-24-19(17)26/h2,4-8,10-11,14,16,22H,1,3,9H2/t14-,16-/m0/s1. The predicted molar refractivity (Wildman–Crippen MR) is 104 cm³/mol. The van der Waals surface area contributed by atoms with Crippen LogP contribution in [0.4, 0.5) is 11.5 Å². The Balaban J connectivity index is 1.76. The second-order valence-corrected chi connectivity index (χ2v) is 7.43. The Bertz CT molecular complexity index is 947. The fraction of sp³-hybridized carbons (Fsp3) is 0.263. The second kappa shape index (κ2) is 6.27. The molecule has 0 spiro atoms. The molecule has 0 unspecified atom stereocenters. The normalized spacial score (nSPS) is 21.5. The molecule has 0 amide bonds. The van der Waals surface area contributed by atoms with Gasteiger partial charge in [0.2, 0.25) is 0 Å². The van der Waals surface area contributed by atoms with E-state index in [-0.39, 0.29) is 6.04 Å². The van der Waals surface area contributed by atoms with Crippen molar-refractivity contribution >= 4 is 34.7 Å². The minimum absolute atomic E-state index is 0.118. The van der Waals surface area contributed by atoms with Gasteiger partial charge in [0.1, 0.15) is 12.0 Å². The van der Waals surface area contributed by atoms with Crippen molar-refractivity contribution in [3.63, 3.8) is 0 Å². The summed E-state index contributed by atoms with van der Waals surface area (Å²) in [7, 11) is 0. The van der Waals surface area contributed by atoms with Crippen LogP contribution in [0.1, 0.15) is 24.6 Å². The lowest BCUT2D eigenvalue weighted by Gasteiger charge is -2.41. The maximum atomic E-state index is 6.48. The molecular weight excluding hydrogens is 369 g/mol. The first-order valence-corrected chi connectivity index (χ1v) is 9.46. The van der Waals surface area contributed by atoms with Crippen molar-refractivity contribution < 1.29 is 0 Å². The van der Waals surface area contributed by atoms with Crippen molar-refractivity contribution in [2.45, 2.75) is 24.9 Å². The minimum Gasteiger partial charge on any atom is -0.314 e. The van der Waals surface area contributed by atoms with Crippen molar-refractivity contribution in [2.75, 3.05) is 11.4 Å². The van der Waals surface area contributed by atoms with Gasteiger partial charge in [-0.15, -0.1) is 0 Å². The largest absolute Gasteiger partial charge is 0.314 e. The number of hydrogen-bond acceptors (Lipinski definition) is 4. The van der Waals surface area contributed by atoms with E-state index in [1.165, 1.54) is 18.4 Å². The number of fused-ring (bicyclic) bond motifs is 3. The Morgan fingerprint density at radius 3 is 2.69 bits per heavy atom. The molecule has 1 saturated heterocycles. The molecule has 7 heteroatoms. The predicted octanol–water partition coefficient (Wildman–Crippen LogP) is 4.52. The molecule has 132 valence electrons. The van der Waals surface area contributed by atoms with Crippen LogP contribution in [-0.4, -0.2) is 27.1 Å². The number of halogens is 2. The molecule has 1 fully saturated rings. The van der Waals surface area contributed by atoms with Crippen LogP contribution in [0.15, 0.2) is 48.9 Å². The summed E-state index contributed by atoms with van der Waals surface area (Å²) in [5.74, 6) is 0.815. The van der Waals surface area contributed by atoms with E-state index in [1.54, 1.807) is 0 Å². The van der Waals surface area contributed by atoms with E-state index < -0.39 is 0 Å². The van der Waals surface area contributed by atoms with Crippen LogP contribution in [0.25, 0.3) is 5.69 Å². The van der Waals surface area contributed by atoms with E-state index in [4.69, 9.17) is 23.2 Å². The summed E-state index contributed by atoms with van der Waals surface area (Å²) in [6.07, 6.45) is 5.85. The van der Waals surface area contributed by atoms with Crippen LogP contribution >= 0.6 is 23.2 Å². The summed E-state index contributed by atoms with van der Waals surface area (Å²) in [5.41, 5.74) is 3.04. The second-order valence-electron chi connectivity index (χ2n) is 6.63. The van der Waals surface area contributed by atoms with Crippen LogP contribution in [0.2, 0.25) is 10.2 Å². The van der Waals surface area contributed by atoms with E-state index in [0.29, 0.717) is 16.2 Å². The van der Waals surface area contributed by atoms with Crippen LogP contribution < -0.4 is 10.2 Å². The Labute approximate surface area is 161 Å². The molecule has 2 aliphatic heterocycles. The van der Waals surface area contributed by atoms with Gasteiger partial charge in [-0.25, -0.2) is 9.97 Å². The lowest BCUT2D eigenvalue weighted by atomic mass is 9.98. The van der Waals surface area contributed by atoms with E-state index in [1.807, 2.05) is 30.5 Å². The topological polar surface area (TPSA) is 46.0 Å². The van der Waals surface area contributed by atoms with E-state index >= 15 is 0 Å². The highest BCUT2D eigenvalue weighted by Gasteiger charge is 2.40. The number of rotatable bonds is 2. The third-order valence-corrected chi connectivity index (χ3v) is 5.70. The van der Waals surface area contributed by atoms with Crippen molar-refractivity contribution in [1.29, 1.82) is 0 Å². The van der Waals surface area contributed by atoms with E-state index in [2.05, 4.69) is 36.9 Å². The first kappa shape index (κ1) is 16.1. The highest BCUT2D eigenvalue weighted by Crippen LogP contribution is 2.46. The number of benzene rings is 1. The molecule has 0 radical (unpaired) electrons. The minimum atomic E-state index is 0.118. The molecule has 2 aliphatic rings. The quantitative estimate of drug-likeness (QED) is 0.658. The number of anilines is 2. The molecule has 26 heavy (non-hydrogen) atoms. The number of aromatic nitrogens is 3. The van der Waals surface area contributed by atoms with Crippen molar-refractivity contribution in [3.05, 3.63) is 64.8 Å². The van der Waals surface area contributed by atoms with E-state index in [9.17, 15) is 0 Å². The van der Waals surface area contributed by atoms with Crippen molar-refractivity contribution in [1.82, 2.24) is 19.9 Å². The molecule has 5 rings (SSSR count). The Kier molecular flexibility index (Phi) is 3.89. The van der Waals surface area contributed by atoms with Gasteiger partial charge >= 0.3 is 0 Å². The monoisotopic (exact) mass is 385 g/mol. The average Bonchev–Trinajstić information content (AvgIpc) is 3.33. The summed E-state index contributed by atoms with van der Waals surface area (Å²) in [4.78, 5) is 11.1. The zero-order valence-corrected chi connectivity index (χ0v) is 15.5. The lowest BCUT2D eigenvalue weighted by Crippen LogP contribution is -2.42. The first-order chi connectivity index (χ1) is 12.7. The van der Waals surface area contributed by atoms with Crippen LogP contribution in [-0.2, 0) is 0 Å². The molecule has 1 aromatic carbocycles. The Morgan fingerprint density at radius 2 is 1.92 bits per heavy atom. The van der Waals surface area contributed by atoms with Gasteiger partial charge in [-0.3, -0.25) is 0 Å². The molecule has 4 heterocycles. The zero-order chi connectivity index (χ0) is 17.7. The first-order valence-electron chi connectivity index (χ1n) is 8.70. The summed E-state index contributed by atoms with van der Waals surface area (Å²) in [6.45, 7) is 1.04. The van der Waals surface area contributed by atoms with Gasteiger partial charge < -0.3 is 14.8 Å². The smallest absolute Gasteiger partial charge is 0.163 e. The fourth-order valence-corrected chi connectivity index (χ4v) is 4.43. The maximum Gasteiger partial charge on any atom is 0.163 e. The van der Waals surface area contributed by atoms with Gasteiger partial charge in [-0.2, -0.15) is 0 Å². The summed E-state index contributed by atoms with van der Waals surface area (Å²) >= 11 is 12.6. The number of hydrogen-bond donors (Lipinski definition) is 1. The molecule has 2 atom stereocenters.